The second-order valence-electron chi connectivity index (χ2n) is 7.41. The number of nitrogens with one attached hydrogen (secondary N) is 1. The number of carbonyl (C=O) groups is 1. The molecule has 0 aliphatic carbocycles. The fourth-order valence-electron chi connectivity index (χ4n) is 3.33. The van der Waals surface area contributed by atoms with Crippen molar-refractivity contribution in [2.75, 3.05) is 5.32 Å². The van der Waals surface area contributed by atoms with Gasteiger partial charge >= 0.3 is 6.18 Å². The molecule has 31 heavy (non-hydrogen) atoms. The summed E-state index contributed by atoms with van der Waals surface area (Å²) < 4.78 is 42.4. The van der Waals surface area contributed by atoms with Crippen molar-refractivity contribution in [2.45, 2.75) is 32.5 Å². The van der Waals surface area contributed by atoms with Crippen molar-refractivity contribution in [3.05, 3.63) is 70.5 Å². The van der Waals surface area contributed by atoms with Gasteiger partial charge in [-0.15, -0.1) is 0 Å². The Bertz CT molecular complexity index is 1350. The molecule has 1 amide bonds. The number of anilines is 1. The molecule has 7 nitrogen and oxygen atoms in total. The minimum absolute atomic E-state index is 0.0397. The number of aromatic nitrogens is 4. The predicted molar refractivity (Wildman–Crippen MR) is 109 cm³/mol. The van der Waals surface area contributed by atoms with Crippen LogP contribution in [0.15, 0.2) is 53.8 Å². The van der Waals surface area contributed by atoms with Gasteiger partial charge in [0.25, 0.3) is 0 Å². The molecule has 1 N–H and O–H groups in total. The molecule has 0 fully saturated rings. The van der Waals surface area contributed by atoms with Crippen LogP contribution in [0.4, 0.5) is 18.9 Å². The molecule has 3 heterocycles. The quantitative estimate of drug-likeness (QED) is 0.535. The number of alkyl halides is 3. The largest absolute Gasteiger partial charge is 0.416 e. The van der Waals surface area contributed by atoms with Gasteiger partial charge in [0.1, 0.15) is 5.69 Å². The molecular formula is C21H18F3N5O2. The van der Waals surface area contributed by atoms with Crippen LogP contribution in [-0.2, 0) is 17.4 Å². The summed E-state index contributed by atoms with van der Waals surface area (Å²) in [5.41, 5.74) is -0.0360. The molecule has 0 spiro atoms. The number of amides is 1. The predicted octanol–water partition coefficient (Wildman–Crippen LogP) is 3.83. The van der Waals surface area contributed by atoms with E-state index in [1.54, 1.807) is 49.1 Å². The summed E-state index contributed by atoms with van der Waals surface area (Å²) in [6.45, 7) is 3.47. The van der Waals surface area contributed by atoms with Crippen LogP contribution in [0.2, 0.25) is 0 Å². The summed E-state index contributed by atoms with van der Waals surface area (Å²) in [7, 11) is 0. The molecule has 0 saturated carbocycles. The van der Waals surface area contributed by atoms with E-state index >= 15 is 0 Å². The number of halogens is 3. The fraction of sp³-hybridized carbons (Fsp3) is 0.238. The first-order valence-corrected chi connectivity index (χ1v) is 9.47. The van der Waals surface area contributed by atoms with E-state index in [9.17, 15) is 22.8 Å². The molecule has 0 aliphatic rings. The fourth-order valence-corrected chi connectivity index (χ4v) is 3.33. The lowest BCUT2D eigenvalue weighted by Crippen LogP contribution is -2.25. The van der Waals surface area contributed by atoms with Crippen molar-refractivity contribution >= 4 is 28.0 Å². The Morgan fingerprint density at radius 1 is 1.19 bits per heavy atom. The third-order valence-electron chi connectivity index (χ3n) is 4.82. The van der Waals surface area contributed by atoms with E-state index in [4.69, 9.17) is 0 Å². The van der Waals surface area contributed by atoms with E-state index in [2.05, 4.69) is 15.4 Å². The molecule has 0 aliphatic heterocycles. The van der Waals surface area contributed by atoms with Crippen LogP contribution in [0.1, 0.15) is 31.1 Å². The van der Waals surface area contributed by atoms with Gasteiger partial charge in [-0.1, -0.05) is 0 Å². The Balaban J connectivity index is 1.68. The molecule has 0 bridgehead atoms. The number of nitrogens with zero attached hydrogens (tertiary/aromatic N) is 4. The zero-order valence-electron chi connectivity index (χ0n) is 16.6. The normalized spacial score (nSPS) is 12.1. The minimum Gasteiger partial charge on any atom is -0.324 e. The molecule has 0 radical (unpaired) electrons. The van der Waals surface area contributed by atoms with Crippen LogP contribution in [0.5, 0.6) is 0 Å². The lowest BCUT2D eigenvalue weighted by Gasteiger charge is -2.17. The number of fused-ring (bicyclic) bond motifs is 2. The van der Waals surface area contributed by atoms with E-state index in [0.717, 1.165) is 23.7 Å². The molecule has 160 valence electrons. The van der Waals surface area contributed by atoms with Gasteiger partial charge in [0.2, 0.25) is 11.3 Å². The second-order valence-corrected chi connectivity index (χ2v) is 7.41. The highest BCUT2D eigenvalue weighted by atomic mass is 19.4. The first-order valence-electron chi connectivity index (χ1n) is 9.47. The molecule has 0 atom stereocenters. The van der Waals surface area contributed by atoms with Crippen LogP contribution in [-0.4, -0.2) is 25.1 Å². The number of pyridine rings is 1. The van der Waals surface area contributed by atoms with Crippen molar-refractivity contribution in [3.8, 4) is 0 Å². The third-order valence-corrected chi connectivity index (χ3v) is 4.82. The first kappa shape index (κ1) is 20.6. The maximum Gasteiger partial charge on any atom is 0.416 e. The second kappa shape index (κ2) is 7.53. The van der Waals surface area contributed by atoms with Gasteiger partial charge < -0.3 is 9.72 Å². The van der Waals surface area contributed by atoms with E-state index < -0.39 is 23.1 Å². The highest BCUT2D eigenvalue weighted by Gasteiger charge is 2.31. The van der Waals surface area contributed by atoms with Crippen molar-refractivity contribution in [3.63, 3.8) is 0 Å². The van der Waals surface area contributed by atoms with E-state index in [1.165, 1.54) is 4.68 Å². The third kappa shape index (κ3) is 4.00. The van der Waals surface area contributed by atoms with Gasteiger partial charge in [-0.25, -0.2) is 4.98 Å². The SMILES string of the molecule is CC(C)n1nc(CC(=O)Nc2ccc3cncn3c2)c(=O)c2ccc(C(F)(F)F)cc21. The van der Waals surface area contributed by atoms with Crippen molar-refractivity contribution in [2.24, 2.45) is 0 Å². The Morgan fingerprint density at radius 3 is 2.68 bits per heavy atom. The number of carbonyl (C=O) groups excluding carboxylic acids is 1. The van der Waals surface area contributed by atoms with E-state index in [0.29, 0.717) is 5.69 Å². The number of benzene rings is 1. The smallest absolute Gasteiger partial charge is 0.324 e. The minimum atomic E-state index is -4.54. The van der Waals surface area contributed by atoms with Crippen molar-refractivity contribution < 1.29 is 18.0 Å². The molecule has 0 unspecified atom stereocenters. The molecule has 4 rings (SSSR count). The van der Waals surface area contributed by atoms with Gasteiger partial charge in [-0.05, 0) is 44.2 Å². The summed E-state index contributed by atoms with van der Waals surface area (Å²) in [5.74, 6) is -0.467. The molecule has 10 heteroatoms. The average molecular weight is 429 g/mol. The van der Waals surface area contributed by atoms with Crippen LogP contribution in [0.3, 0.4) is 0 Å². The summed E-state index contributed by atoms with van der Waals surface area (Å²) in [4.78, 5) is 29.4. The Kier molecular flexibility index (Phi) is 5.00. The van der Waals surface area contributed by atoms with Gasteiger partial charge in [0, 0.05) is 17.6 Å². The Morgan fingerprint density at radius 2 is 1.97 bits per heavy atom. The number of imidazole rings is 1. The molecule has 4 aromatic rings. The van der Waals surface area contributed by atoms with Crippen molar-refractivity contribution in [1.29, 1.82) is 0 Å². The molecule has 1 aromatic carbocycles. The number of hydrogen-bond donors (Lipinski definition) is 1. The summed E-state index contributed by atoms with van der Waals surface area (Å²) in [5, 5.41) is 6.99. The average Bonchev–Trinajstić information content (AvgIpc) is 3.16. The highest BCUT2D eigenvalue weighted by Crippen LogP contribution is 2.31. The Hall–Kier alpha value is -3.69. The van der Waals surface area contributed by atoms with Crippen LogP contribution in [0.25, 0.3) is 16.4 Å². The van der Waals surface area contributed by atoms with Crippen molar-refractivity contribution in [1.82, 2.24) is 19.2 Å². The molecule has 3 aromatic heterocycles. The topological polar surface area (TPSA) is 81.3 Å². The Labute approximate surface area is 174 Å². The van der Waals surface area contributed by atoms with Gasteiger partial charge in [-0.3, -0.25) is 14.3 Å². The maximum atomic E-state index is 13.1. The maximum absolute atomic E-state index is 13.1. The first-order chi connectivity index (χ1) is 14.6. The van der Waals surface area contributed by atoms with E-state index in [1.807, 2.05) is 0 Å². The molecular weight excluding hydrogens is 411 g/mol. The number of rotatable bonds is 4. The van der Waals surface area contributed by atoms with Gasteiger partial charge in [0.15, 0.2) is 0 Å². The summed E-state index contributed by atoms with van der Waals surface area (Å²) >= 11 is 0. The van der Waals surface area contributed by atoms with Crippen LogP contribution in [0, 0.1) is 0 Å². The standard InChI is InChI=1S/C21H18F3N5O2/c1-12(2)29-18-7-13(21(22,23)24)3-6-16(18)20(31)17(27-29)8-19(30)26-14-4-5-15-9-25-11-28(15)10-14/h3-7,9-12H,8H2,1-2H3,(H,26,30). The highest BCUT2D eigenvalue weighted by molar-refractivity contribution is 5.92. The molecule has 0 saturated heterocycles. The summed E-state index contributed by atoms with van der Waals surface area (Å²) in [6, 6.07) is 6.06. The zero-order valence-corrected chi connectivity index (χ0v) is 16.6. The lowest BCUT2D eigenvalue weighted by molar-refractivity contribution is -0.137. The van der Waals surface area contributed by atoms with Crippen LogP contribution < -0.4 is 10.7 Å². The van der Waals surface area contributed by atoms with E-state index in [-0.39, 0.29) is 29.1 Å². The van der Waals surface area contributed by atoms with Gasteiger partial charge in [0.05, 0.1) is 41.2 Å². The van der Waals surface area contributed by atoms with Gasteiger partial charge in [-0.2, -0.15) is 18.3 Å². The number of hydrogen-bond acceptors (Lipinski definition) is 4. The lowest BCUT2D eigenvalue weighted by atomic mass is 10.1. The zero-order chi connectivity index (χ0) is 22.3. The summed E-state index contributed by atoms with van der Waals surface area (Å²) in [6.07, 6.45) is 0.0834. The van der Waals surface area contributed by atoms with Crippen LogP contribution >= 0.6 is 0 Å². The monoisotopic (exact) mass is 429 g/mol.